The number of rotatable bonds is 6. The summed E-state index contributed by atoms with van der Waals surface area (Å²) >= 11 is 0. The molecular formula is C12H19FN2O3. The highest BCUT2D eigenvalue weighted by atomic mass is 19.1. The van der Waals surface area contributed by atoms with Crippen LogP contribution in [0, 0.1) is 5.82 Å². The summed E-state index contributed by atoms with van der Waals surface area (Å²) in [6.07, 6.45) is 0.485. The van der Waals surface area contributed by atoms with E-state index in [1.54, 1.807) is 0 Å². The van der Waals surface area contributed by atoms with Gasteiger partial charge in [-0.05, 0) is 6.42 Å². The Kier molecular flexibility index (Phi) is 4.75. The molecule has 0 amide bonds. The maximum absolute atomic E-state index is 13.4. The predicted molar refractivity (Wildman–Crippen MR) is 68.2 cm³/mol. The zero-order valence-electron chi connectivity index (χ0n) is 10.5. The molecule has 5 N–H and O–H groups in total. The van der Waals surface area contributed by atoms with Gasteiger partial charge in [0.1, 0.15) is 0 Å². The number of halogens is 1. The van der Waals surface area contributed by atoms with Crippen LogP contribution in [0.3, 0.4) is 0 Å². The van der Waals surface area contributed by atoms with Gasteiger partial charge < -0.3 is 26.0 Å². The summed E-state index contributed by atoms with van der Waals surface area (Å²) < 4.78 is 18.2. The molecule has 102 valence electrons. The third kappa shape index (κ3) is 2.83. The fraction of sp³-hybridized carbons (Fsp3) is 0.500. The smallest absolute Gasteiger partial charge is 0.167 e. The molecule has 18 heavy (non-hydrogen) atoms. The predicted octanol–water partition coefficient (Wildman–Crippen LogP) is 0.962. The number of hydrogen-bond acceptors (Lipinski definition) is 5. The molecule has 0 radical (unpaired) electrons. The van der Waals surface area contributed by atoms with Crippen molar-refractivity contribution >= 4 is 11.4 Å². The average molecular weight is 258 g/mol. The fourth-order valence-corrected chi connectivity index (χ4v) is 1.56. The molecule has 0 saturated heterocycles. The lowest BCUT2D eigenvalue weighted by molar-refractivity contribution is 0.132. The molecule has 0 aliphatic heterocycles. The first-order chi connectivity index (χ1) is 8.51. The SMILES string of the molecule is CCC(CO)(CO)Nc1cc(OC)c(F)cc1N. The molecule has 0 aliphatic carbocycles. The van der Waals surface area contributed by atoms with Gasteiger partial charge in [0.05, 0.1) is 37.2 Å². The van der Waals surface area contributed by atoms with Crippen LogP contribution >= 0.6 is 0 Å². The monoisotopic (exact) mass is 258 g/mol. The Bertz CT molecular complexity index is 400. The Balaban J connectivity index is 3.10. The summed E-state index contributed by atoms with van der Waals surface area (Å²) in [6.45, 7) is 1.29. The van der Waals surface area contributed by atoms with Gasteiger partial charge in [-0.2, -0.15) is 0 Å². The Morgan fingerprint density at radius 1 is 1.39 bits per heavy atom. The minimum atomic E-state index is -0.892. The summed E-state index contributed by atoms with van der Waals surface area (Å²) in [5, 5.41) is 21.6. The van der Waals surface area contributed by atoms with Gasteiger partial charge in [-0.3, -0.25) is 0 Å². The van der Waals surface area contributed by atoms with Crippen molar-refractivity contribution < 1.29 is 19.3 Å². The first kappa shape index (κ1) is 14.5. The molecule has 0 aromatic heterocycles. The minimum absolute atomic E-state index is 0.0487. The highest BCUT2D eigenvalue weighted by molar-refractivity contribution is 5.69. The number of aliphatic hydroxyl groups excluding tert-OH is 2. The van der Waals surface area contributed by atoms with Crippen molar-refractivity contribution in [3.8, 4) is 5.75 Å². The van der Waals surface area contributed by atoms with E-state index < -0.39 is 11.4 Å². The van der Waals surface area contributed by atoms with E-state index in [-0.39, 0.29) is 24.7 Å². The molecule has 0 bridgehead atoms. The van der Waals surface area contributed by atoms with Crippen molar-refractivity contribution in [1.29, 1.82) is 0 Å². The van der Waals surface area contributed by atoms with E-state index in [4.69, 9.17) is 10.5 Å². The van der Waals surface area contributed by atoms with Crippen LogP contribution in [0.15, 0.2) is 12.1 Å². The van der Waals surface area contributed by atoms with Crippen molar-refractivity contribution in [2.24, 2.45) is 0 Å². The van der Waals surface area contributed by atoms with Crippen LogP contribution in [-0.4, -0.2) is 36.1 Å². The van der Waals surface area contributed by atoms with Crippen molar-refractivity contribution in [2.75, 3.05) is 31.4 Å². The first-order valence-corrected chi connectivity index (χ1v) is 5.64. The maximum Gasteiger partial charge on any atom is 0.167 e. The standard InChI is InChI=1S/C12H19FN2O3/c1-3-12(6-16,7-17)15-10-5-11(18-2)8(13)4-9(10)14/h4-5,15-17H,3,6-7,14H2,1-2H3. The number of nitrogen functional groups attached to an aromatic ring is 1. The van der Waals surface area contributed by atoms with Gasteiger partial charge >= 0.3 is 0 Å². The van der Waals surface area contributed by atoms with Crippen molar-refractivity contribution in [3.63, 3.8) is 0 Å². The van der Waals surface area contributed by atoms with Gasteiger partial charge in [0.25, 0.3) is 0 Å². The van der Waals surface area contributed by atoms with E-state index >= 15 is 0 Å². The van der Waals surface area contributed by atoms with E-state index in [9.17, 15) is 14.6 Å². The largest absolute Gasteiger partial charge is 0.494 e. The second-order valence-corrected chi connectivity index (χ2v) is 4.15. The Morgan fingerprint density at radius 2 is 2.00 bits per heavy atom. The van der Waals surface area contributed by atoms with E-state index in [0.29, 0.717) is 12.1 Å². The highest BCUT2D eigenvalue weighted by Crippen LogP contribution is 2.30. The normalized spacial score (nSPS) is 11.4. The van der Waals surface area contributed by atoms with Gasteiger partial charge in [-0.25, -0.2) is 4.39 Å². The molecule has 5 nitrogen and oxygen atoms in total. The molecule has 0 atom stereocenters. The third-order valence-corrected chi connectivity index (χ3v) is 3.01. The number of hydrogen-bond donors (Lipinski definition) is 4. The van der Waals surface area contributed by atoms with Crippen LogP contribution in [0.25, 0.3) is 0 Å². The van der Waals surface area contributed by atoms with Crippen LogP contribution in [0.1, 0.15) is 13.3 Å². The molecule has 0 unspecified atom stereocenters. The van der Waals surface area contributed by atoms with Crippen LogP contribution in [0.5, 0.6) is 5.75 Å². The number of anilines is 2. The number of ether oxygens (including phenoxy) is 1. The molecule has 1 rings (SSSR count). The molecule has 1 aromatic rings. The fourth-order valence-electron chi connectivity index (χ4n) is 1.56. The number of nitrogens with two attached hydrogens (primary N) is 1. The summed E-state index contributed by atoms with van der Waals surface area (Å²) in [6, 6.07) is 2.54. The van der Waals surface area contributed by atoms with Gasteiger partial charge in [0.2, 0.25) is 0 Å². The van der Waals surface area contributed by atoms with Crippen LogP contribution in [0.2, 0.25) is 0 Å². The van der Waals surface area contributed by atoms with Gasteiger partial charge in [0.15, 0.2) is 11.6 Å². The van der Waals surface area contributed by atoms with E-state index in [1.165, 1.54) is 13.2 Å². The van der Waals surface area contributed by atoms with Crippen molar-refractivity contribution in [2.45, 2.75) is 18.9 Å². The second-order valence-electron chi connectivity index (χ2n) is 4.15. The van der Waals surface area contributed by atoms with E-state index in [2.05, 4.69) is 5.32 Å². The summed E-state index contributed by atoms with van der Waals surface area (Å²) in [5.74, 6) is -0.511. The molecule has 0 spiro atoms. The van der Waals surface area contributed by atoms with Gasteiger partial charge in [-0.15, -0.1) is 0 Å². The molecule has 0 heterocycles. The lowest BCUT2D eigenvalue weighted by Crippen LogP contribution is -2.45. The number of aliphatic hydroxyl groups is 2. The number of benzene rings is 1. The molecule has 0 fully saturated rings. The highest BCUT2D eigenvalue weighted by Gasteiger charge is 2.27. The lowest BCUT2D eigenvalue weighted by atomic mass is 9.97. The molecule has 0 saturated carbocycles. The van der Waals surface area contributed by atoms with Crippen LogP contribution < -0.4 is 15.8 Å². The minimum Gasteiger partial charge on any atom is -0.494 e. The molecular weight excluding hydrogens is 239 g/mol. The van der Waals surface area contributed by atoms with Gasteiger partial charge in [0, 0.05) is 12.1 Å². The van der Waals surface area contributed by atoms with Crippen LogP contribution in [0.4, 0.5) is 15.8 Å². The molecule has 1 aromatic carbocycles. The Labute approximate surface area is 105 Å². The van der Waals surface area contributed by atoms with Crippen LogP contribution in [-0.2, 0) is 0 Å². The second kappa shape index (κ2) is 5.88. The van der Waals surface area contributed by atoms with Gasteiger partial charge in [-0.1, -0.05) is 6.92 Å². The quantitative estimate of drug-likeness (QED) is 0.571. The topological polar surface area (TPSA) is 87.7 Å². The molecule has 0 aliphatic rings. The Morgan fingerprint density at radius 3 is 2.44 bits per heavy atom. The summed E-state index contributed by atoms with van der Waals surface area (Å²) in [7, 11) is 1.35. The zero-order valence-corrected chi connectivity index (χ0v) is 10.5. The number of nitrogens with one attached hydrogen (secondary N) is 1. The van der Waals surface area contributed by atoms with E-state index in [0.717, 1.165) is 6.07 Å². The average Bonchev–Trinajstić information content (AvgIpc) is 2.38. The van der Waals surface area contributed by atoms with Crippen molar-refractivity contribution in [3.05, 3.63) is 17.9 Å². The molecule has 6 heteroatoms. The lowest BCUT2D eigenvalue weighted by Gasteiger charge is -2.31. The zero-order chi connectivity index (χ0) is 13.8. The summed E-state index contributed by atoms with van der Waals surface area (Å²) in [4.78, 5) is 0. The third-order valence-electron chi connectivity index (χ3n) is 3.01. The summed E-state index contributed by atoms with van der Waals surface area (Å²) in [5.41, 5.74) is 5.41. The number of methoxy groups -OCH3 is 1. The first-order valence-electron chi connectivity index (χ1n) is 5.64. The maximum atomic E-state index is 13.4. The van der Waals surface area contributed by atoms with E-state index in [1.807, 2.05) is 6.92 Å². The van der Waals surface area contributed by atoms with Crippen molar-refractivity contribution in [1.82, 2.24) is 0 Å². The Hall–Kier alpha value is -1.53.